The average Bonchev–Trinajstić information content (AvgIpc) is 2.95. The molecule has 0 aliphatic carbocycles. The molecule has 126 valence electrons. The molecule has 2 aromatic rings. The summed E-state index contributed by atoms with van der Waals surface area (Å²) in [5, 5.41) is 0. The van der Waals surface area contributed by atoms with Crippen LogP contribution < -0.4 is 9.62 Å². The summed E-state index contributed by atoms with van der Waals surface area (Å²) >= 11 is 3.28. The summed E-state index contributed by atoms with van der Waals surface area (Å²) in [6.07, 6.45) is 0.345. The molecule has 7 heteroatoms. The quantitative estimate of drug-likeness (QED) is 0.826. The van der Waals surface area contributed by atoms with Crippen LogP contribution in [0.15, 0.2) is 64.0 Å². The van der Waals surface area contributed by atoms with Crippen molar-refractivity contribution >= 4 is 37.5 Å². The molecule has 1 heterocycles. The minimum atomic E-state index is -3.56. The minimum absolute atomic E-state index is 0.0223. The number of nitrogens with zero attached hydrogens (tertiary/aromatic N) is 1. The molecule has 24 heavy (non-hydrogen) atoms. The Morgan fingerprint density at radius 2 is 1.75 bits per heavy atom. The van der Waals surface area contributed by atoms with Gasteiger partial charge < -0.3 is 4.90 Å². The third-order valence-electron chi connectivity index (χ3n) is 3.96. The standard InChI is InChI=1S/C17H17BrN2O3S/c18-14-6-8-16(9-7-14)24(22,23)19-11-13-10-17(21)20(12-13)15-4-2-1-3-5-15/h1-9,13,19H,10-12H2/t13-/m0/s1. The number of hydrogen-bond donors (Lipinski definition) is 1. The molecule has 1 fully saturated rings. The highest BCUT2D eigenvalue weighted by atomic mass is 79.9. The van der Waals surface area contributed by atoms with Crippen LogP contribution in [0.25, 0.3) is 0 Å². The number of carbonyl (C=O) groups excluding carboxylic acids is 1. The smallest absolute Gasteiger partial charge is 0.240 e. The van der Waals surface area contributed by atoms with E-state index in [1.165, 1.54) is 0 Å². The number of rotatable bonds is 5. The maximum Gasteiger partial charge on any atom is 0.240 e. The summed E-state index contributed by atoms with van der Waals surface area (Å²) in [6.45, 7) is 0.763. The van der Waals surface area contributed by atoms with E-state index in [1.54, 1.807) is 29.2 Å². The first-order valence-corrected chi connectivity index (χ1v) is 9.84. The Hall–Kier alpha value is -1.70. The zero-order valence-electron chi connectivity index (χ0n) is 12.9. The second kappa shape index (κ2) is 7.04. The Kier molecular flexibility index (Phi) is 5.03. The number of benzene rings is 2. The topological polar surface area (TPSA) is 66.5 Å². The van der Waals surface area contributed by atoms with Crippen LogP contribution in [0, 0.1) is 5.92 Å². The normalized spacial score (nSPS) is 18.1. The van der Waals surface area contributed by atoms with Crippen molar-refractivity contribution in [2.75, 3.05) is 18.0 Å². The molecule has 0 spiro atoms. The Morgan fingerprint density at radius 1 is 1.08 bits per heavy atom. The van der Waals surface area contributed by atoms with Gasteiger partial charge in [-0.05, 0) is 42.3 Å². The molecule has 1 N–H and O–H groups in total. The van der Waals surface area contributed by atoms with Gasteiger partial charge in [0.2, 0.25) is 15.9 Å². The predicted molar refractivity (Wildman–Crippen MR) is 96.2 cm³/mol. The van der Waals surface area contributed by atoms with Crippen LogP contribution >= 0.6 is 15.9 Å². The van der Waals surface area contributed by atoms with E-state index in [0.717, 1.165) is 10.2 Å². The average molecular weight is 409 g/mol. The second-order valence-electron chi connectivity index (χ2n) is 5.72. The highest BCUT2D eigenvalue weighted by molar-refractivity contribution is 9.10. The third-order valence-corrected chi connectivity index (χ3v) is 5.93. The molecule has 3 rings (SSSR count). The van der Waals surface area contributed by atoms with Crippen molar-refractivity contribution in [3.63, 3.8) is 0 Å². The molecule has 5 nitrogen and oxygen atoms in total. The Bertz CT molecular complexity index is 823. The zero-order chi connectivity index (χ0) is 17.2. The van der Waals surface area contributed by atoms with E-state index in [9.17, 15) is 13.2 Å². The van der Waals surface area contributed by atoms with Crippen molar-refractivity contribution < 1.29 is 13.2 Å². The molecule has 0 saturated carbocycles. The lowest BCUT2D eigenvalue weighted by atomic mass is 10.1. The van der Waals surface area contributed by atoms with Gasteiger partial charge in [0.05, 0.1) is 4.90 Å². The summed E-state index contributed by atoms with van der Waals surface area (Å²) in [5.74, 6) is -0.0167. The molecule has 0 unspecified atom stereocenters. The maximum atomic E-state index is 12.3. The van der Waals surface area contributed by atoms with Crippen LogP contribution in [0.5, 0.6) is 0 Å². The summed E-state index contributed by atoms with van der Waals surface area (Å²) in [6, 6.07) is 15.9. The first-order valence-electron chi connectivity index (χ1n) is 7.56. The van der Waals surface area contributed by atoms with Gasteiger partial charge in [0, 0.05) is 29.7 Å². The highest BCUT2D eigenvalue weighted by Crippen LogP contribution is 2.24. The highest BCUT2D eigenvalue weighted by Gasteiger charge is 2.31. The van der Waals surface area contributed by atoms with Crippen molar-refractivity contribution in [2.45, 2.75) is 11.3 Å². The Labute approximate surface area is 149 Å². The number of anilines is 1. The maximum absolute atomic E-state index is 12.3. The van der Waals surface area contributed by atoms with E-state index in [4.69, 9.17) is 0 Å². The van der Waals surface area contributed by atoms with Gasteiger partial charge in [0.15, 0.2) is 0 Å². The number of para-hydroxylation sites is 1. The summed E-state index contributed by atoms with van der Waals surface area (Å²) in [4.78, 5) is 14.1. The van der Waals surface area contributed by atoms with Gasteiger partial charge in [-0.1, -0.05) is 34.1 Å². The molecule has 1 atom stereocenters. The van der Waals surface area contributed by atoms with E-state index >= 15 is 0 Å². The van der Waals surface area contributed by atoms with Crippen molar-refractivity contribution in [1.29, 1.82) is 0 Å². The van der Waals surface area contributed by atoms with Crippen LogP contribution in [-0.4, -0.2) is 27.4 Å². The van der Waals surface area contributed by atoms with E-state index < -0.39 is 10.0 Å². The van der Waals surface area contributed by atoms with Crippen molar-refractivity contribution in [1.82, 2.24) is 4.72 Å². The summed E-state index contributed by atoms with van der Waals surface area (Å²) in [5.41, 5.74) is 0.848. The van der Waals surface area contributed by atoms with Gasteiger partial charge in [-0.2, -0.15) is 0 Å². The van der Waals surface area contributed by atoms with Crippen LogP contribution in [-0.2, 0) is 14.8 Å². The lowest BCUT2D eigenvalue weighted by Crippen LogP contribution is -2.31. The van der Waals surface area contributed by atoms with Gasteiger partial charge >= 0.3 is 0 Å². The SMILES string of the molecule is O=C1C[C@@H](CNS(=O)(=O)c2ccc(Br)cc2)CN1c1ccccc1. The minimum Gasteiger partial charge on any atom is -0.312 e. The zero-order valence-corrected chi connectivity index (χ0v) is 15.3. The first kappa shape index (κ1) is 17.1. The molecule has 1 amide bonds. The van der Waals surface area contributed by atoms with E-state index in [2.05, 4.69) is 20.7 Å². The predicted octanol–water partition coefficient (Wildman–Crippen LogP) is 2.78. The number of hydrogen-bond acceptors (Lipinski definition) is 3. The molecule has 1 aliphatic rings. The van der Waals surface area contributed by atoms with Crippen LogP contribution in [0.4, 0.5) is 5.69 Å². The molecule has 0 bridgehead atoms. The fourth-order valence-corrected chi connectivity index (χ4v) is 4.08. The van der Waals surface area contributed by atoms with Gasteiger partial charge in [0.25, 0.3) is 0 Å². The van der Waals surface area contributed by atoms with Gasteiger partial charge in [0.1, 0.15) is 0 Å². The van der Waals surface area contributed by atoms with Crippen molar-refractivity contribution in [3.8, 4) is 0 Å². The Balaban J connectivity index is 1.63. The van der Waals surface area contributed by atoms with Gasteiger partial charge in [-0.3, -0.25) is 4.79 Å². The lowest BCUT2D eigenvalue weighted by molar-refractivity contribution is -0.117. The molecular weight excluding hydrogens is 392 g/mol. The van der Waals surface area contributed by atoms with Crippen molar-refractivity contribution in [2.24, 2.45) is 5.92 Å². The molecular formula is C17H17BrN2O3S. The van der Waals surface area contributed by atoms with Gasteiger partial charge in [-0.15, -0.1) is 0 Å². The third kappa shape index (κ3) is 3.85. The van der Waals surface area contributed by atoms with E-state index in [-0.39, 0.29) is 23.3 Å². The fourth-order valence-electron chi connectivity index (χ4n) is 2.70. The number of nitrogens with one attached hydrogen (secondary N) is 1. The van der Waals surface area contributed by atoms with Crippen LogP contribution in [0.3, 0.4) is 0 Å². The van der Waals surface area contributed by atoms with E-state index in [0.29, 0.717) is 13.0 Å². The molecule has 1 saturated heterocycles. The molecule has 2 aromatic carbocycles. The van der Waals surface area contributed by atoms with Crippen LogP contribution in [0.2, 0.25) is 0 Å². The first-order chi connectivity index (χ1) is 11.5. The number of sulfonamides is 1. The summed E-state index contributed by atoms with van der Waals surface area (Å²) < 4.78 is 28.0. The number of carbonyl (C=O) groups is 1. The van der Waals surface area contributed by atoms with Crippen molar-refractivity contribution in [3.05, 3.63) is 59.1 Å². The second-order valence-corrected chi connectivity index (χ2v) is 8.40. The van der Waals surface area contributed by atoms with E-state index in [1.807, 2.05) is 30.3 Å². The fraction of sp³-hybridized carbons (Fsp3) is 0.235. The lowest BCUT2D eigenvalue weighted by Gasteiger charge is -2.17. The largest absolute Gasteiger partial charge is 0.312 e. The Morgan fingerprint density at radius 3 is 2.42 bits per heavy atom. The summed E-state index contributed by atoms with van der Waals surface area (Å²) in [7, 11) is -3.56. The molecule has 1 aliphatic heterocycles. The number of amides is 1. The van der Waals surface area contributed by atoms with Crippen LogP contribution in [0.1, 0.15) is 6.42 Å². The molecule has 0 aromatic heterocycles. The molecule has 0 radical (unpaired) electrons. The van der Waals surface area contributed by atoms with Gasteiger partial charge in [-0.25, -0.2) is 13.1 Å². The monoisotopic (exact) mass is 408 g/mol. The number of halogens is 1.